The number of unbranched alkanes of at least 4 members (excludes halogenated alkanes) is 3. The van der Waals surface area contributed by atoms with Crippen LogP contribution in [0.1, 0.15) is 136 Å². The first-order valence-corrected chi connectivity index (χ1v) is 22.0. The number of anilines is 1. The number of ether oxygens (including phenoxy) is 1. The number of rotatable bonds is 24. The lowest BCUT2D eigenvalue weighted by molar-refractivity contribution is -0.149. The molecule has 3 amide bonds. The molecule has 1 aliphatic heterocycles. The molecule has 314 valence electrons. The number of amides is 3. The molecule has 0 radical (unpaired) electrons. The third-order valence-electron chi connectivity index (χ3n) is 11.4. The SMILES string of the molecule is CCCCCCN(C(=O)[C@H](C(=O)N[C@H]1CCCCN1C)[C@@H](C)CC)[C@H](C[C@@H](OCC)c1nc(NC(=O)[C@@H](Cc2ccccc2)CC(C)(C)C(=O)O)cs1)C(C)C. The average molecular weight is 798 g/mol. The third-order valence-corrected chi connectivity index (χ3v) is 12.4. The number of benzene rings is 1. The number of thiazole rings is 1. The van der Waals surface area contributed by atoms with Crippen molar-refractivity contribution >= 4 is 40.8 Å². The highest BCUT2D eigenvalue weighted by molar-refractivity contribution is 7.10. The summed E-state index contributed by atoms with van der Waals surface area (Å²) in [5.74, 6) is -2.64. The number of hydrogen-bond acceptors (Lipinski definition) is 8. The largest absolute Gasteiger partial charge is 0.481 e. The predicted molar refractivity (Wildman–Crippen MR) is 225 cm³/mol. The summed E-state index contributed by atoms with van der Waals surface area (Å²) in [6, 6.07) is 9.39. The molecule has 1 aromatic heterocycles. The minimum absolute atomic E-state index is 0.0636. The molecule has 1 saturated heterocycles. The Bertz CT molecular complexity index is 1520. The van der Waals surface area contributed by atoms with Crippen molar-refractivity contribution in [3.63, 3.8) is 0 Å². The second kappa shape index (κ2) is 23.2. The maximum Gasteiger partial charge on any atom is 0.309 e. The number of nitrogens with zero attached hydrogens (tertiary/aromatic N) is 3. The van der Waals surface area contributed by atoms with E-state index >= 15 is 0 Å². The Balaban J connectivity index is 1.90. The van der Waals surface area contributed by atoms with Gasteiger partial charge in [-0.15, -0.1) is 11.3 Å². The Morgan fingerprint density at radius 2 is 1.75 bits per heavy atom. The number of likely N-dealkylation sites (tertiary alicyclic amines) is 1. The molecule has 0 aliphatic carbocycles. The zero-order chi connectivity index (χ0) is 41.4. The first-order chi connectivity index (χ1) is 26.6. The van der Waals surface area contributed by atoms with Gasteiger partial charge in [0.05, 0.1) is 11.6 Å². The van der Waals surface area contributed by atoms with Crippen LogP contribution in [0.25, 0.3) is 0 Å². The number of carboxylic acid groups (broad SMARTS) is 1. The lowest BCUT2D eigenvalue weighted by Crippen LogP contribution is -2.56. The lowest BCUT2D eigenvalue weighted by atomic mass is 9.80. The van der Waals surface area contributed by atoms with Crippen molar-refractivity contribution in [2.75, 3.05) is 32.1 Å². The van der Waals surface area contributed by atoms with Crippen LogP contribution >= 0.6 is 11.3 Å². The Hall–Kier alpha value is -3.35. The van der Waals surface area contributed by atoms with Crippen LogP contribution in [0.2, 0.25) is 0 Å². The van der Waals surface area contributed by atoms with Crippen LogP contribution in [-0.4, -0.2) is 82.5 Å². The number of carbonyl (C=O) groups excluding carboxylic acids is 3. The second-order valence-electron chi connectivity index (χ2n) is 16.8. The molecule has 3 N–H and O–H groups in total. The maximum absolute atomic E-state index is 14.9. The summed E-state index contributed by atoms with van der Waals surface area (Å²) in [4.78, 5) is 63.8. The molecule has 1 aliphatic rings. The Kier molecular flexibility index (Phi) is 19.4. The summed E-state index contributed by atoms with van der Waals surface area (Å²) in [6.07, 6.45) is 8.24. The highest BCUT2D eigenvalue weighted by atomic mass is 32.1. The van der Waals surface area contributed by atoms with Gasteiger partial charge in [0.25, 0.3) is 0 Å². The monoisotopic (exact) mass is 798 g/mol. The van der Waals surface area contributed by atoms with Crippen molar-refractivity contribution in [3.05, 3.63) is 46.3 Å². The minimum Gasteiger partial charge on any atom is -0.481 e. The van der Waals surface area contributed by atoms with Crippen molar-refractivity contribution in [2.24, 2.45) is 29.1 Å². The van der Waals surface area contributed by atoms with E-state index in [2.05, 4.69) is 36.3 Å². The van der Waals surface area contributed by atoms with E-state index < -0.39 is 29.3 Å². The van der Waals surface area contributed by atoms with Crippen molar-refractivity contribution in [2.45, 2.75) is 144 Å². The van der Waals surface area contributed by atoms with Crippen LogP contribution in [0, 0.1) is 29.1 Å². The van der Waals surface area contributed by atoms with Gasteiger partial charge in [-0.1, -0.05) is 90.6 Å². The molecule has 11 nitrogen and oxygen atoms in total. The fourth-order valence-electron chi connectivity index (χ4n) is 7.69. The predicted octanol–water partition coefficient (Wildman–Crippen LogP) is 8.56. The first-order valence-electron chi connectivity index (χ1n) is 21.1. The van der Waals surface area contributed by atoms with Crippen molar-refractivity contribution in [3.8, 4) is 0 Å². The molecule has 0 spiro atoms. The van der Waals surface area contributed by atoms with Crippen LogP contribution < -0.4 is 10.6 Å². The van der Waals surface area contributed by atoms with Gasteiger partial charge in [-0.05, 0) is 90.3 Å². The van der Waals surface area contributed by atoms with Crippen molar-refractivity contribution < 1.29 is 29.0 Å². The van der Waals surface area contributed by atoms with Crippen LogP contribution in [0.3, 0.4) is 0 Å². The minimum atomic E-state index is -1.10. The zero-order valence-electron chi connectivity index (χ0n) is 35.6. The first kappa shape index (κ1) is 47.0. The summed E-state index contributed by atoms with van der Waals surface area (Å²) in [5.41, 5.74) is -0.150. The number of piperidine rings is 1. The summed E-state index contributed by atoms with van der Waals surface area (Å²) in [7, 11) is 2.03. The van der Waals surface area contributed by atoms with Gasteiger partial charge < -0.3 is 25.4 Å². The molecule has 3 rings (SSSR count). The van der Waals surface area contributed by atoms with Gasteiger partial charge in [0.1, 0.15) is 22.8 Å². The number of aromatic nitrogens is 1. The fraction of sp³-hybridized carbons (Fsp3) is 0.705. The quantitative estimate of drug-likeness (QED) is 0.0709. The fourth-order valence-corrected chi connectivity index (χ4v) is 8.50. The number of aliphatic carboxylic acids is 1. The Morgan fingerprint density at radius 3 is 2.36 bits per heavy atom. The zero-order valence-corrected chi connectivity index (χ0v) is 36.5. The Morgan fingerprint density at radius 1 is 1.04 bits per heavy atom. The van der Waals surface area contributed by atoms with Gasteiger partial charge in [-0.3, -0.25) is 24.1 Å². The number of nitrogens with one attached hydrogen (secondary N) is 2. The maximum atomic E-state index is 14.9. The van der Waals surface area contributed by atoms with Gasteiger partial charge in [0.15, 0.2) is 0 Å². The van der Waals surface area contributed by atoms with Crippen LogP contribution in [0.15, 0.2) is 35.7 Å². The molecule has 2 heterocycles. The summed E-state index contributed by atoms with van der Waals surface area (Å²) in [5, 5.41) is 18.6. The molecule has 0 unspecified atom stereocenters. The van der Waals surface area contributed by atoms with Gasteiger partial charge in [-0.2, -0.15) is 0 Å². The molecule has 1 fully saturated rings. The molecule has 1 aromatic carbocycles. The van der Waals surface area contributed by atoms with Crippen LogP contribution in [0.4, 0.5) is 5.82 Å². The standard InChI is InChI=1S/C44H71N5O6S/c1-10-13-14-19-25-49(42(52)38(31(6)11-2)40(51)47-37-23-18-20-24-48(37)9)34(30(4)5)27-35(55-12-3)41-46-36(29-56-41)45-39(50)33(28-44(7,8)43(53)54)26-32-21-16-15-17-22-32/h15-17,21-22,29-31,33-35,37-38H,10-14,18-20,23-28H2,1-9H3,(H,45,50)(H,47,51)(H,53,54)/t31-,33-,34+,35+,37+,38-/m0/s1. The number of hydrogen-bond donors (Lipinski definition) is 3. The van der Waals surface area contributed by atoms with Gasteiger partial charge in [-0.25, -0.2) is 4.98 Å². The normalized spacial score (nSPS) is 17.8. The van der Waals surface area contributed by atoms with Gasteiger partial charge >= 0.3 is 5.97 Å². The highest BCUT2D eigenvalue weighted by Crippen LogP contribution is 2.34. The molecule has 0 saturated carbocycles. The summed E-state index contributed by atoms with van der Waals surface area (Å²) < 4.78 is 6.35. The van der Waals surface area contributed by atoms with E-state index in [1.165, 1.54) is 11.3 Å². The third kappa shape index (κ3) is 13.9. The molecular weight excluding hydrogens is 727 g/mol. The van der Waals surface area contributed by atoms with E-state index in [-0.39, 0.29) is 48.2 Å². The van der Waals surface area contributed by atoms with E-state index in [1.54, 1.807) is 19.2 Å². The molecule has 12 heteroatoms. The van der Waals surface area contributed by atoms with Gasteiger partial charge in [0.2, 0.25) is 17.7 Å². The number of carboxylic acids is 1. The summed E-state index contributed by atoms with van der Waals surface area (Å²) in [6.45, 7) is 17.6. The molecule has 6 atom stereocenters. The molecule has 2 aromatic rings. The second-order valence-corrected chi connectivity index (χ2v) is 17.7. The molecule has 0 bridgehead atoms. The van der Waals surface area contributed by atoms with E-state index in [9.17, 15) is 24.3 Å². The molecule has 56 heavy (non-hydrogen) atoms. The Labute approximate surface area is 340 Å². The smallest absolute Gasteiger partial charge is 0.309 e. The van der Waals surface area contributed by atoms with E-state index in [0.717, 1.165) is 57.1 Å². The van der Waals surface area contributed by atoms with Crippen LogP contribution in [0.5, 0.6) is 0 Å². The van der Waals surface area contributed by atoms with Gasteiger partial charge in [0, 0.05) is 36.9 Å². The summed E-state index contributed by atoms with van der Waals surface area (Å²) >= 11 is 1.39. The van der Waals surface area contributed by atoms with E-state index in [0.29, 0.717) is 43.2 Å². The number of carbonyl (C=O) groups is 4. The van der Waals surface area contributed by atoms with Crippen molar-refractivity contribution in [1.29, 1.82) is 0 Å². The van der Waals surface area contributed by atoms with Crippen molar-refractivity contribution in [1.82, 2.24) is 20.1 Å². The van der Waals surface area contributed by atoms with Crippen LogP contribution in [-0.2, 0) is 30.3 Å². The average Bonchev–Trinajstić information content (AvgIpc) is 3.62. The lowest BCUT2D eigenvalue weighted by Gasteiger charge is -2.40. The van der Waals surface area contributed by atoms with E-state index in [1.807, 2.05) is 63.1 Å². The highest BCUT2D eigenvalue weighted by Gasteiger charge is 2.40. The van der Waals surface area contributed by atoms with E-state index in [4.69, 9.17) is 9.72 Å². The molecular formula is C44H71N5O6S. The topological polar surface area (TPSA) is 141 Å².